The average molecular weight is 402 g/mol. The van der Waals surface area contributed by atoms with Crippen molar-refractivity contribution < 1.29 is 32.1 Å². The van der Waals surface area contributed by atoms with Gasteiger partial charge in [-0.2, -0.15) is 13.2 Å². The molecule has 2 heterocycles. The summed E-state index contributed by atoms with van der Waals surface area (Å²) in [6.07, 6.45) is -5.52. The van der Waals surface area contributed by atoms with Crippen LogP contribution in [-0.2, 0) is 31.7 Å². The molecule has 0 radical (unpaired) electrons. The smallest absolute Gasteiger partial charge is 0.368 e. The van der Waals surface area contributed by atoms with Gasteiger partial charge in [0.15, 0.2) is 12.1 Å². The lowest BCUT2D eigenvalue weighted by Gasteiger charge is -2.31. The molecule has 1 unspecified atom stereocenters. The summed E-state index contributed by atoms with van der Waals surface area (Å²) < 4.78 is 64.0. The predicted octanol–water partition coefficient (Wildman–Crippen LogP) is 5.15. The molecule has 2 fully saturated rings. The Morgan fingerprint density at radius 1 is 1.11 bits per heavy atom. The molecule has 5 atom stereocenters. The fourth-order valence-corrected chi connectivity index (χ4v) is 3.68. The molecule has 158 valence electrons. The Morgan fingerprint density at radius 2 is 1.79 bits per heavy atom. The Hall–Kier alpha value is -1.15. The lowest BCUT2D eigenvalue weighted by atomic mass is 10.00. The van der Waals surface area contributed by atoms with Gasteiger partial charge >= 0.3 is 6.18 Å². The Balaban J connectivity index is 1.78. The van der Waals surface area contributed by atoms with E-state index in [2.05, 4.69) is 13.8 Å². The highest BCUT2D eigenvalue weighted by molar-refractivity contribution is 5.29. The Bertz CT molecular complexity index is 676. The van der Waals surface area contributed by atoms with Crippen molar-refractivity contribution in [2.45, 2.75) is 84.2 Å². The zero-order chi connectivity index (χ0) is 20.7. The van der Waals surface area contributed by atoms with E-state index < -0.39 is 36.0 Å². The molecule has 1 aromatic carbocycles. The molecule has 0 amide bonds. The maximum absolute atomic E-state index is 13.3. The van der Waals surface area contributed by atoms with E-state index in [4.69, 9.17) is 18.9 Å². The molecule has 28 heavy (non-hydrogen) atoms. The van der Waals surface area contributed by atoms with Crippen LogP contribution in [0.25, 0.3) is 0 Å². The molecule has 0 N–H and O–H groups in total. The molecular weight excluding hydrogens is 373 g/mol. The summed E-state index contributed by atoms with van der Waals surface area (Å²) in [5, 5.41) is 0. The summed E-state index contributed by atoms with van der Waals surface area (Å²) in [7, 11) is 0. The molecule has 2 aliphatic rings. The maximum Gasteiger partial charge on any atom is 0.416 e. The van der Waals surface area contributed by atoms with Gasteiger partial charge in [-0.05, 0) is 30.9 Å². The SMILES string of the molecule is CC(C)C[C@H]1O[C@@H]2OC(C)(C(C)C)O[C@@H]2[C@H]1OCc1ccccc1C(F)(F)F. The summed E-state index contributed by atoms with van der Waals surface area (Å²) in [6.45, 7) is 9.79. The lowest BCUT2D eigenvalue weighted by molar-refractivity contribution is -0.248. The second-order valence-electron chi connectivity index (χ2n) is 8.47. The molecule has 0 saturated carbocycles. The van der Waals surface area contributed by atoms with Crippen molar-refractivity contribution in [2.75, 3.05) is 0 Å². The van der Waals surface area contributed by atoms with E-state index in [9.17, 15) is 13.2 Å². The third-order valence-electron chi connectivity index (χ3n) is 5.49. The van der Waals surface area contributed by atoms with Crippen LogP contribution < -0.4 is 0 Å². The first-order valence-corrected chi connectivity index (χ1v) is 9.79. The van der Waals surface area contributed by atoms with Gasteiger partial charge in [-0.15, -0.1) is 0 Å². The van der Waals surface area contributed by atoms with Crippen molar-refractivity contribution in [3.05, 3.63) is 35.4 Å². The Kier molecular flexibility index (Phi) is 6.11. The molecular formula is C21H29F3O4. The van der Waals surface area contributed by atoms with Crippen molar-refractivity contribution in [1.29, 1.82) is 0 Å². The molecule has 4 nitrogen and oxygen atoms in total. The fraction of sp³-hybridized carbons (Fsp3) is 0.714. The standard InChI is InChI=1S/C21H29F3O4/c1-12(2)10-16-17(18-19(26-16)28-20(5,27-18)13(3)4)25-11-14-8-6-7-9-15(14)21(22,23)24/h6-9,12-13,16-19H,10-11H2,1-5H3/t16-,17+,18-,19-,20?/m1/s1. The van der Waals surface area contributed by atoms with Crippen LogP contribution in [-0.4, -0.2) is 30.4 Å². The van der Waals surface area contributed by atoms with E-state index in [1.165, 1.54) is 12.1 Å². The van der Waals surface area contributed by atoms with Gasteiger partial charge in [0, 0.05) is 5.92 Å². The minimum absolute atomic E-state index is 0.0943. The van der Waals surface area contributed by atoms with Gasteiger partial charge in [-0.3, -0.25) is 0 Å². The van der Waals surface area contributed by atoms with Crippen LogP contribution in [0.3, 0.4) is 0 Å². The first-order valence-electron chi connectivity index (χ1n) is 9.79. The monoisotopic (exact) mass is 402 g/mol. The zero-order valence-electron chi connectivity index (χ0n) is 17.0. The van der Waals surface area contributed by atoms with Crippen LogP contribution in [0.15, 0.2) is 24.3 Å². The number of halogens is 3. The van der Waals surface area contributed by atoms with Crippen molar-refractivity contribution in [3.8, 4) is 0 Å². The van der Waals surface area contributed by atoms with Crippen molar-refractivity contribution in [2.24, 2.45) is 11.8 Å². The number of benzene rings is 1. The van der Waals surface area contributed by atoms with E-state index >= 15 is 0 Å². The van der Waals surface area contributed by atoms with E-state index in [0.29, 0.717) is 12.3 Å². The first kappa shape index (κ1) is 21.6. The van der Waals surface area contributed by atoms with Crippen LogP contribution in [0.2, 0.25) is 0 Å². The van der Waals surface area contributed by atoms with E-state index in [0.717, 1.165) is 6.07 Å². The highest BCUT2D eigenvalue weighted by atomic mass is 19.4. The lowest BCUT2D eigenvalue weighted by Crippen LogP contribution is -2.40. The highest BCUT2D eigenvalue weighted by Crippen LogP contribution is 2.44. The fourth-order valence-electron chi connectivity index (χ4n) is 3.68. The second kappa shape index (κ2) is 7.94. The minimum Gasteiger partial charge on any atom is -0.368 e. The normalized spacial score (nSPS) is 33.1. The molecule has 2 aliphatic heterocycles. The molecule has 7 heteroatoms. The molecule has 1 aromatic rings. The van der Waals surface area contributed by atoms with Gasteiger partial charge in [-0.25, -0.2) is 0 Å². The summed E-state index contributed by atoms with van der Waals surface area (Å²) in [5.74, 6) is -0.366. The highest BCUT2D eigenvalue weighted by Gasteiger charge is 2.57. The third kappa shape index (κ3) is 4.37. The van der Waals surface area contributed by atoms with Crippen molar-refractivity contribution >= 4 is 0 Å². The predicted molar refractivity (Wildman–Crippen MR) is 97.3 cm³/mol. The van der Waals surface area contributed by atoms with Gasteiger partial charge in [0.05, 0.1) is 18.3 Å². The van der Waals surface area contributed by atoms with Gasteiger partial charge in [-0.1, -0.05) is 45.9 Å². The average Bonchev–Trinajstić information content (AvgIpc) is 3.06. The minimum atomic E-state index is -4.42. The zero-order valence-corrected chi connectivity index (χ0v) is 17.0. The van der Waals surface area contributed by atoms with Gasteiger partial charge < -0.3 is 18.9 Å². The number of ether oxygens (including phenoxy) is 4. The molecule has 2 saturated heterocycles. The summed E-state index contributed by atoms with van der Waals surface area (Å²) in [5.41, 5.74) is -0.575. The largest absolute Gasteiger partial charge is 0.416 e. The van der Waals surface area contributed by atoms with Crippen LogP contribution in [0.1, 0.15) is 52.2 Å². The van der Waals surface area contributed by atoms with Crippen LogP contribution in [0, 0.1) is 11.8 Å². The quantitative estimate of drug-likeness (QED) is 0.660. The van der Waals surface area contributed by atoms with Crippen LogP contribution in [0.4, 0.5) is 13.2 Å². The number of rotatable bonds is 6. The van der Waals surface area contributed by atoms with Crippen molar-refractivity contribution in [3.63, 3.8) is 0 Å². The Morgan fingerprint density at radius 3 is 2.39 bits per heavy atom. The summed E-state index contributed by atoms with van der Waals surface area (Å²) in [6, 6.07) is 5.48. The van der Waals surface area contributed by atoms with E-state index in [-0.39, 0.29) is 24.2 Å². The first-order chi connectivity index (χ1) is 13.0. The molecule has 0 aromatic heterocycles. The van der Waals surface area contributed by atoms with Crippen molar-refractivity contribution in [1.82, 2.24) is 0 Å². The number of fused-ring (bicyclic) bond motifs is 1. The summed E-state index contributed by atoms with van der Waals surface area (Å²) in [4.78, 5) is 0. The number of hydrogen-bond donors (Lipinski definition) is 0. The van der Waals surface area contributed by atoms with Gasteiger partial charge in [0.1, 0.15) is 12.2 Å². The van der Waals surface area contributed by atoms with Gasteiger partial charge in [0.2, 0.25) is 0 Å². The third-order valence-corrected chi connectivity index (χ3v) is 5.49. The Labute approximate surface area is 164 Å². The molecule has 3 rings (SSSR count). The van der Waals surface area contributed by atoms with Crippen LogP contribution >= 0.6 is 0 Å². The number of alkyl halides is 3. The maximum atomic E-state index is 13.3. The van der Waals surface area contributed by atoms with E-state index in [1.54, 1.807) is 6.07 Å². The number of hydrogen-bond acceptors (Lipinski definition) is 4. The van der Waals surface area contributed by atoms with Gasteiger partial charge in [0.25, 0.3) is 0 Å². The van der Waals surface area contributed by atoms with E-state index in [1.807, 2.05) is 20.8 Å². The topological polar surface area (TPSA) is 36.9 Å². The second-order valence-corrected chi connectivity index (χ2v) is 8.47. The molecule has 0 spiro atoms. The molecule has 0 aliphatic carbocycles. The molecule has 0 bridgehead atoms. The van der Waals surface area contributed by atoms with Crippen LogP contribution in [0.5, 0.6) is 0 Å². The summed E-state index contributed by atoms with van der Waals surface area (Å²) >= 11 is 0.